The molecule has 0 saturated carbocycles. The Balaban J connectivity index is 1.72. The van der Waals surface area contributed by atoms with Gasteiger partial charge in [0.05, 0.1) is 19.3 Å². The van der Waals surface area contributed by atoms with Crippen molar-refractivity contribution in [3.05, 3.63) is 64.6 Å². The summed E-state index contributed by atoms with van der Waals surface area (Å²) in [6.07, 6.45) is -1.09. The number of rotatable bonds is 7. The maximum absolute atomic E-state index is 13.8. The van der Waals surface area contributed by atoms with E-state index in [1.807, 2.05) is 36.4 Å². The number of carbonyl (C=O) groups excluding carboxylic acids is 2. The van der Waals surface area contributed by atoms with Crippen molar-refractivity contribution in [3.63, 3.8) is 0 Å². The standard InChI is InChI=1S/C26H26BrN3O6/c1-3-19(29-26(33)34)24(31)28-20-14-36-23-7-5-4-6-21(23)30(25(20)32)13-18-17-10-9-16(27)12-15(17)8-11-22(18)35-2/h4-12,19-20,29H,3,13-14H2,1-2H3,(H,28,31)(H,33,34)/t19-,20-/m0/s1. The molecule has 1 aliphatic heterocycles. The SMILES string of the molecule is CC[C@H](NC(=O)O)C(=O)N[C@H]1COc2ccccc2N(Cc2c(OC)ccc3cc(Br)ccc23)C1=O. The predicted molar refractivity (Wildman–Crippen MR) is 138 cm³/mol. The van der Waals surface area contributed by atoms with Crippen LogP contribution in [0.4, 0.5) is 10.5 Å². The molecule has 0 fully saturated rings. The van der Waals surface area contributed by atoms with Crippen molar-refractivity contribution in [3.8, 4) is 11.5 Å². The molecule has 3 amide bonds. The zero-order valence-corrected chi connectivity index (χ0v) is 21.4. The van der Waals surface area contributed by atoms with Gasteiger partial charge < -0.3 is 30.1 Å². The van der Waals surface area contributed by atoms with E-state index in [1.54, 1.807) is 37.1 Å². The van der Waals surface area contributed by atoms with E-state index in [0.29, 0.717) is 17.2 Å². The summed E-state index contributed by atoms with van der Waals surface area (Å²) < 4.78 is 12.5. The summed E-state index contributed by atoms with van der Waals surface area (Å²) in [6.45, 7) is 1.75. The molecule has 0 unspecified atom stereocenters. The second-order valence-corrected chi connectivity index (χ2v) is 9.20. The first-order valence-corrected chi connectivity index (χ1v) is 12.2. The lowest BCUT2D eigenvalue weighted by molar-refractivity contribution is -0.129. The molecule has 2 atom stereocenters. The van der Waals surface area contributed by atoms with Gasteiger partial charge in [-0.25, -0.2) is 4.79 Å². The van der Waals surface area contributed by atoms with Crippen molar-refractivity contribution in [2.24, 2.45) is 0 Å². The minimum absolute atomic E-state index is 0.0960. The van der Waals surface area contributed by atoms with Gasteiger partial charge in [0.1, 0.15) is 30.2 Å². The van der Waals surface area contributed by atoms with E-state index < -0.39 is 24.1 Å². The van der Waals surface area contributed by atoms with E-state index in [4.69, 9.17) is 14.6 Å². The van der Waals surface area contributed by atoms with E-state index in [0.717, 1.165) is 20.8 Å². The molecule has 0 aromatic heterocycles. The lowest BCUT2D eigenvalue weighted by Crippen LogP contribution is -2.55. The number of carbonyl (C=O) groups is 3. The van der Waals surface area contributed by atoms with Crippen molar-refractivity contribution < 1.29 is 29.0 Å². The van der Waals surface area contributed by atoms with Gasteiger partial charge in [0.15, 0.2) is 0 Å². The molecule has 0 saturated heterocycles. The van der Waals surface area contributed by atoms with E-state index in [2.05, 4.69) is 26.6 Å². The van der Waals surface area contributed by atoms with Gasteiger partial charge in [-0.3, -0.25) is 9.59 Å². The van der Waals surface area contributed by atoms with Gasteiger partial charge in [0, 0.05) is 10.0 Å². The number of para-hydroxylation sites is 2. The van der Waals surface area contributed by atoms with Gasteiger partial charge in [-0.05, 0) is 47.5 Å². The average molecular weight is 556 g/mol. The summed E-state index contributed by atoms with van der Waals surface area (Å²) >= 11 is 3.50. The fourth-order valence-corrected chi connectivity index (χ4v) is 4.63. The molecule has 3 aromatic carbocycles. The van der Waals surface area contributed by atoms with Crippen LogP contribution in [0.5, 0.6) is 11.5 Å². The highest BCUT2D eigenvalue weighted by molar-refractivity contribution is 9.10. The smallest absolute Gasteiger partial charge is 0.405 e. The fourth-order valence-electron chi connectivity index (χ4n) is 4.25. The number of fused-ring (bicyclic) bond motifs is 2. The van der Waals surface area contributed by atoms with Crippen molar-refractivity contribution >= 4 is 50.3 Å². The first kappa shape index (κ1) is 25.3. The lowest BCUT2D eigenvalue weighted by Gasteiger charge is -2.27. The second kappa shape index (κ2) is 10.9. The third-order valence-electron chi connectivity index (χ3n) is 6.05. The van der Waals surface area contributed by atoms with Gasteiger partial charge in [-0.2, -0.15) is 0 Å². The number of halogens is 1. The number of hydrogen-bond acceptors (Lipinski definition) is 5. The van der Waals surface area contributed by atoms with Crippen LogP contribution in [0.2, 0.25) is 0 Å². The van der Waals surface area contributed by atoms with Crippen LogP contribution in [-0.4, -0.2) is 48.8 Å². The number of anilines is 1. The van der Waals surface area contributed by atoms with Crippen molar-refractivity contribution in [1.82, 2.24) is 10.6 Å². The Labute approximate surface area is 216 Å². The van der Waals surface area contributed by atoms with Crippen LogP contribution in [0, 0.1) is 0 Å². The number of methoxy groups -OCH3 is 1. The first-order valence-electron chi connectivity index (χ1n) is 11.4. The van der Waals surface area contributed by atoms with Crippen LogP contribution >= 0.6 is 15.9 Å². The van der Waals surface area contributed by atoms with Crippen LogP contribution in [0.25, 0.3) is 10.8 Å². The van der Waals surface area contributed by atoms with Crippen molar-refractivity contribution in [1.29, 1.82) is 0 Å². The number of nitrogens with one attached hydrogen (secondary N) is 2. The maximum Gasteiger partial charge on any atom is 0.405 e. The number of benzene rings is 3. The van der Waals surface area contributed by atoms with Gasteiger partial charge in [-0.15, -0.1) is 0 Å². The summed E-state index contributed by atoms with van der Waals surface area (Å²) in [5.74, 6) is 0.146. The molecule has 1 heterocycles. The minimum atomic E-state index is -1.32. The Hall–Kier alpha value is -3.79. The maximum atomic E-state index is 13.8. The highest BCUT2D eigenvalue weighted by Crippen LogP contribution is 2.36. The molecule has 3 N–H and O–H groups in total. The zero-order valence-electron chi connectivity index (χ0n) is 19.8. The number of nitrogens with zero attached hydrogens (tertiary/aromatic N) is 1. The van der Waals surface area contributed by atoms with Gasteiger partial charge in [0.25, 0.3) is 5.91 Å². The van der Waals surface area contributed by atoms with Crippen LogP contribution in [-0.2, 0) is 16.1 Å². The van der Waals surface area contributed by atoms with E-state index in [-0.39, 0.29) is 25.5 Å². The number of carboxylic acid groups (broad SMARTS) is 1. The molecular formula is C26H26BrN3O6. The van der Waals surface area contributed by atoms with Crippen molar-refractivity contribution in [2.75, 3.05) is 18.6 Å². The first-order chi connectivity index (χ1) is 17.3. The third-order valence-corrected chi connectivity index (χ3v) is 6.54. The molecule has 10 heteroatoms. The Morgan fingerprint density at radius 3 is 2.72 bits per heavy atom. The summed E-state index contributed by atoms with van der Waals surface area (Å²) in [6, 6.07) is 14.8. The molecule has 0 radical (unpaired) electrons. The largest absolute Gasteiger partial charge is 0.496 e. The van der Waals surface area contributed by atoms with E-state index in [9.17, 15) is 14.4 Å². The molecule has 4 rings (SSSR count). The number of ether oxygens (including phenoxy) is 2. The summed E-state index contributed by atoms with van der Waals surface area (Å²) in [4.78, 5) is 39.2. The summed E-state index contributed by atoms with van der Waals surface area (Å²) in [7, 11) is 1.58. The Kier molecular flexibility index (Phi) is 7.64. The van der Waals surface area contributed by atoms with Gasteiger partial charge in [0.2, 0.25) is 5.91 Å². The molecule has 0 bridgehead atoms. The van der Waals surface area contributed by atoms with E-state index >= 15 is 0 Å². The van der Waals surface area contributed by atoms with Crippen molar-refractivity contribution in [2.45, 2.75) is 32.0 Å². The number of hydrogen-bond donors (Lipinski definition) is 3. The number of amides is 3. The quantitative estimate of drug-likeness (QED) is 0.404. The minimum Gasteiger partial charge on any atom is -0.496 e. The van der Waals surface area contributed by atoms with Crippen LogP contribution in [0.3, 0.4) is 0 Å². The topological polar surface area (TPSA) is 117 Å². The third kappa shape index (κ3) is 5.23. The highest BCUT2D eigenvalue weighted by atomic mass is 79.9. The van der Waals surface area contributed by atoms with Gasteiger partial charge >= 0.3 is 6.09 Å². The molecule has 188 valence electrons. The second-order valence-electron chi connectivity index (χ2n) is 8.29. The summed E-state index contributed by atoms with van der Waals surface area (Å²) in [5, 5.41) is 15.8. The van der Waals surface area contributed by atoms with Crippen LogP contribution in [0.15, 0.2) is 59.1 Å². The van der Waals surface area contributed by atoms with E-state index in [1.165, 1.54) is 0 Å². The lowest BCUT2D eigenvalue weighted by atomic mass is 10.0. The molecular weight excluding hydrogens is 530 g/mol. The predicted octanol–water partition coefficient (Wildman–Crippen LogP) is 4.07. The highest BCUT2D eigenvalue weighted by Gasteiger charge is 2.34. The molecule has 0 aliphatic carbocycles. The monoisotopic (exact) mass is 555 g/mol. The van der Waals surface area contributed by atoms with Crippen LogP contribution < -0.4 is 25.0 Å². The molecule has 3 aromatic rings. The molecule has 1 aliphatic rings. The Bertz CT molecular complexity index is 1310. The molecule has 0 spiro atoms. The fraction of sp³-hybridized carbons (Fsp3) is 0.269. The zero-order chi connectivity index (χ0) is 25.8. The molecule has 9 nitrogen and oxygen atoms in total. The Morgan fingerprint density at radius 2 is 2.00 bits per heavy atom. The molecule has 36 heavy (non-hydrogen) atoms. The Morgan fingerprint density at radius 1 is 1.22 bits per heavy atom. The summed E-state index contributed by atoms with van der Waals surface area (Å²) in [5.41, 5.74) is 1.36. The van der Waals surface area contributed by atoms with Crippen LogP contribution in [0.1, 0.15) is 18.9 Å². The van der Waals surface area contributed by atoms with Gasteiger partial charge in [-0.1, -0.05) is 47.1 Å². The average Bonchev–Trinajstić information content (AvgIpc) is 2.99. The normalized spacial score (nSPS) is 15.9.